The van der Waals surface area contributed by atoms with Crippen LogP contribution in [0.3, 0.4) is 0 Å². The van der Waals surface area contributed by atoms with Gasteiger partial charge in [-0.05, 0) is 29.3 Å². The third-order valence-electron chi connectivity index (χ3n) is 6.76. The number of rotatable bonds is 3. The van der Waals surface area contributed by atoms with Crippen molar-refractivity contribution in [2.45, 2.75) is 0 Å². The fourth-order valence-corrected chi connectivity index (χ4v) is 6.28. The van der Waals surface area contributed by atoms with Crippen LogP contribution in [-0.2, 0) is 21.1 Å². The van der Waals surface area contributed by atoms with Gasteiger partial charge in [0.25, 0.3) is 0 Å². The largest absolute Gasteiger partial charge is 2.00 e. The van der Waals surface area contributed by atoms with Crippen LogP contribution in [0.5, 0.6) is 11.5 Å². The maximum atomic E-state index is 6.23. The van der Waals surface area contributed by atoms with Crippen molar-refractivity contribution in [1.82, 2.24) is 14.4 Å². The SMILES string of the molecule is [Pt+2].[c-]1c(Oc2[c-]c3c(cc2)c2ccc4sc5ccccc5c4c2n2ccnc32)cccc1-c1ccccn1. The van der Waals surface area contributed by atoms with Crippen LogP contribution in [0.25, 0.3) is 58.8 Å². The van der Waals surface area contributed by atoms with E-state index in [4.69, 9.17) is 9.72 Å². The minimum atomic E-state index is 0. The van der Waals surface area contributed by atoms with E-state index in [1.54, 1.807) is 6.20 Å². The fraction of sp³-hybridized carbons (Fsp3) is 0. The molecule has 0 amide bonds. The molecule has 0 spiro atoms. The van der Waals surface area contributed by atoms with Crippen LogP contribution in [0, 0.1) is 12.1 Å². The zero-order chi connectivity index (χ0) is 24.3. The van der Waals surface area contributed by atoms with Gasteiger partial charge in [0.1, 0.15) is 0 Å². The van der Waals surface area contributed by atoms with Crippen molar-refractivity contribution in [3.63, 3.8) is 0 Å². The molecule has 0 atom stereocenters. The molecule has 0 aliphatic rings. The van der Waals surface area contributed by atoms with Crippen molar-refractivity contribution in [2.24, 2.45) is 0 Å². The van der Waals surface area contributed by atoms with Gasteiger partial charge in [0.15, 0.2) is 0 Å². The van der Waals surface area contributed by atoms with Crippen molar-refractivity contribution in [1.29, 1.82) is 0 Å². The zero-order valence-corrected chi connectivity index (χ0v) is 22.9. The summed E-state index contributed by atoms with van der Waals surface area (Å²) in [6.07, 6.45) is 5.67. The van der Waals surface area contributed by atoms with Crippen LogP contribution < -0.4 is 4.74 Å². The first-order valence-electron chi connectivity index (χ1n) is 12.0. The van der Waals surface area contributed by atoms with Gasteiger partial charge in [0.05, 0.1) is 5.65 Å². The molecule has 4 heterocycles. The van der Waals surface area contributed by atoms with Crippen molar-refractivity contribution in [2.75, 3.05) is 0 Å². The Morgan fingerprint density at radius 3 is 2.47 bits per heavy atom. The quantitative estimate of drug-likeness (QED) is 0.138. The zero-order valence-electron chi connectivity index (χ0n) is 19.8. The molecule has 0 N–H and O–H groups in total. The topological polar surface area (TPSA) is 39.4 Å². The third kappa shape index (κ3) is 3.54. The summed E-state index contributed by atoms with van der Waals surface area (Å²) in [6.45, 7) is 0. The van der Waals surface area contributed by atoms with Crippen molar-refractivity contribution < 1.29 is 25.8 Å². The molecule has 0 saturated carbocycles. The molecule has 182 valence electrons. The number of ether oxygens (including phenoxy) is 1. The molecule has 0 radical (unpaired) electrons. The van der Waals surface area contributed by atoms with E-state index in [0.717, 1.165) is 27.7 Å². The summed E-state index contributed by atoms with van der Waals surface area (Å²) in [4.78, 5) is 9.16. The van der Waals surface area contributed by atoms with Crippen LogP contribution in [0.2, 0.25) is 0 Å². The number of hydrogen-bond donors (Lipinski definition) is 0. The number of fused-ring (bicyclic) bond motifs is 10. The average molecular weight is 687 g/mol. The number of nitrogens with zero attached hydrogens (tertiary/aromatic N) is 3. The fourth-order valence-electron chi connectivity index (χ4n) is 5.17. The Hall–Kier alpha value is -4.05. The van der Waals surface area contributed by atoms with E-state index in [0.29, 0.717) is 11.5 Å². The second-order valence-corrected chi connectivity index (χ2v) is 9.99. The summed E-state index contributed by atoms with van der Waals surface area (Å²) in [6, 6.07) is 35.6. The minimum Gasteiger partial charge on any atom is -0.497 e. The van der Waals surface area contributed by atoms with Crippen LogP contribution >= 0.6 is 11.3 Å². The molecule has 4 aromatic heterocycles. The van der Waals surface area contributed by atoms with E-state index < -0.39 is 0 Å². The van der Waals surface area contributed by atoms with Crippen molar-refractivity contribution in [3.05, 3.63) is 116 Å². The van der Waals surface area contributed by atoms with Gasteiger partial charge in [-0.25, -0.2) is 0 Å². The van der Waals surface area contributed by atoms with Crippen LogP contribution in [0.4, 0.5) is 0 Å². The molecular formula is C32H17N3OPtS. The van der Waals surface area contributed by atoms with E-state index in [2.05, 4.69) is 64.0 Å². The summed E-state index contributed by atoms with van der Waals surface area (Å²) in [5, 5.41) is 5.74. The number of benzene rings is 4. The van der Waals surface area contributed by atoms with E-state index >= 15 is 0 Å². The smallest absolute Gasteiger partial charge is 0.497 e. The Bertz CT molecular complexity index is 2130. The van der Waals surface area contributed by atoms with Gasteiger partial charge in [-0.2, -0.15) is 0 Å². The predicted molar refractivity (Wildman–Crippen MR) is 151 cm³/mol. The molecule has 0 unspecified atom stereocenters. The number of aromatic nitrogens is 3. The molecule has 8 rings (SSSR count). The van der Waals surface area contributed by atoms with Gasteiger partial charge in [0, 0.05) is 55.8 Å². The van der Waals surface area contributed by atoms with Gasteiger partial charge in [-0.3, -0.25) is 4.98 Å². The monoisotopic (exact) mass is 686 g/mol. The van der Waals surface area contributed by atoms with E-state index in [-0.39, 0.29) is 21.1 Å². The number of thiophene rings is 1. The first-order chi connectivity index (χ1) is 18.3. The van der Waals surface area contributed by atoms with Crippen molar-refractivity contribution in [3.8, 4) is 22.8 Å². The Morgan fingerprint density at radius 1 is 0.684 bits per heavy atom. The maximum Gasteiger partial charge on any atom is 2.00 e. The summed E-state index contributed by atoms with van der Waals surface area (Å²) in [5.41, 5.74) is 3.77. The Morgan fingerprint density at radius 2 is 1.55 bits per heavy atom. The molecule has 0 aliphatic heterocycles. The first-order valence-corrected chi connectivity index (χ1v) is 12.8. The Balaban J connectivity index is 0.00000242. The van der Waals surface area contributed by atoms with Crippen LogP contribution in [-0.4, -0.2) is 14.4 Å². The second-order valence-electron chi connectivity index (χ2n) is 8.91. The predicted octanol–water partition coefficient (Wildman–Crippen LogP) is 8.46. The Kier molecular flexibility index (Phi) is 5.50. The molecular weight excluding hydrogens is 670 g/mol. The van der Waals surface area contributed by atoms with E-state index in [1.165, 1.54) is 31.1 Å². The van der Waals surface area contributed by atoms with Gasteiger partial charge in [-0.1, -0.05) is 65.4 Å². The molecule has 38 heavy (non-hydrogen) atoms. The standard InChI is InChI=1S/C32H17N3OS.Pt/c1-2-10-28-25(8-1)30-29(37-28)14-13-24-23-12-11-22(19-26(23)32-34-16-17-35(32)31(24)30)36-21-7-5-6-20(18-21)27-9-3-4-15-33-27;/h1-17H;/q-2;+2. The maximum absolute atomic E-state index is 6.23. The molecule has 0 bridgehead atoms. The van der Waals surface area contributed by atoms with Gasteiger partial charge in [-0.15, -0.1) is 41.2 Å². The van der Waals surface area contributed by atoms with Crippen molar-refractivity contribution >= 4 is 58.8 Å². The third-order valence-corrected chi connectivity index (χ3v) is 7.90. The Labute approximate surface area is 236 Å². The molecule has 6 heteroatoms. The van der Waals surface area contributed by atoms with Gasteiger partial charge < -0.3 is 14.1 Å². The summed E-state index contributed by atoms with van der Waals surface area (Å²) in [7, 11) is 0. The normalized spacial score (nSPS) is 11.5. The molecule has 0 fully saturated rings. The summed E-state index contributed by atoms with van der Waals surface area (Å²) >= 11 is 1.83. The summed E-state index contributed by atoms with van der Waals surface area (Å²) in [5.74, 6) is 1.23. The number of hydrogen-bond acceptors (Lipinski definition) is 4. The minimum absolute atomic E-state index is 0. The van der Waals surface area contributed by atoms with Crippen LogP contribution in [0.15, 0.2) is 104 Å². The molecule has 4 aromatic carbocycles. The molecule has 0 aliphatic carbocycles. The molecule has 4 nitrogen and oxygen atoms in total. The van der Waals surface area contributed by atoms with Gasteiger partial charge >= 0.3 is 21.1 Å². The number of imidazole rings is 1. The van der Waals surface area contributed by atoms with E-state index in [9.17, 15) is 0 Å². The average Bonchev–Trinajstić information content (AvgIpc) is 3.59. The van der Waals surface area contributed by atoms with E-state index in [1.807, 2.05) is 66.2 Å². The van der Waals surface area contributed by atoms with Crippen LogP contribution in [0.1, 0.15) is 0 Å². The second kappa shape index (κ2) is 9.05. The number of pyridine rings is 2. The first kappa shape index (κ1) is 23.1. The summed E-state index contributed by atoms with van der Waals surface area (Å²) < 4.78 is 11.0. The molecule has 8 aromatic rings. The molecule has 0 saturated heterocycles. The van der Waals surface area contributed by atoms with Gasteiger partial charge in [0.2, 0.25) is 0 Å².